The molecule has 104 valence electrons. The van der Waals surface area contributed by atoms with Crippen molar-refractivity contribution in [3.63, 3.8) is 0 Å². The fourth-order valence-corrected chi connectivity index (χ4v) is 3.01. The minimum Gasteiger partial charge on any atom is -0.390 e. The molecular formula is C13H22O5. The van der Waals surface area contributed by atoms with Crippen LogP contribution in [0.4, 0.5) is 0 Å². The minimum absolute atomic E-state index is 0.324. The molecule has 2 rings (SSSR count). The molecule has 0 radical (unpaired) electrons. The van der Waals surface area contributed by atoms with Crippen molar-refractivity contribution < 1.29 is 24.1 Å². The number of epoxide rings is 1. The van der Waals surface area contributed by atoms with Crippen LogP contribution >= 0.6 is 0 Å². The first-order valence-corrected chi connectivity index (χ1v) is 6.24. The lowest BCUT2D eigenvalue weighted by Gasteiger charge is -2.48. The second kappa shape index (κ2) is 5.27. The molecule has 1 saturated carbocycles. The number of hydrogen-bond donors (Lipinski definition) is 1. The Morgan fingerprint density at radius 1 is 1.50 bits per heavy atom. The molecule has 1 spiro atoms. The highest BCUT2D eigenvalue weighted by Gasteiger charge is 2.69. The summed E-state index contributed by atoms with van der Waals surface area (Å²) in [5.74, 6) is 0. The topological polar surface area (TPSA) is 60.5 Å². The maximum Gasteiger partial charge on any atom is 0.150 e. The van der Waals surface area contributed by atoms with Gasteiger partial charge in [0.15, 0.2) is 5.60 Å². The van der Waals surface area contributed by atoms with E-state index in [4.69, 9.17) is 18.9 Å². The van der Waals surface area contributed by atoms with E-state index in [2.05, 4.69) is 6.58 Å². The van der Waals surface area contributed by atoms with Crippen molar-refractivity contribution >= 4 is 0 Å². The Hall–Kier alpha value is -0.460. The molecule has 5 nitrogen and oxygen atoms in total. The zero-order valence-electron chi connectivity index (χ0n) is 11.1. The van der Waals surface area contributed by atoms with Gasteiger partial charge in [0.2, 0.25) is 0 Å². The first kappa shape index (κ1) is 14.0. The van der Waals surface area contributed by atoms with E-state index >= 15 is 0 Å². The predicted octanol–water partition coefficient (Wildman–Crippen LogP) is 0.513. The normalized spacial score (nSPS) is 43.1. The molecule has 0 amide bonds. The Balaban J connectivity index is 2.21. The summed E-state index contributed by atoms with van der Waals surface area (Å²) in [6, 6.07) is 0. The molecule has 0 aromatic carbocycles. The Bertz CT molecular complexity index is 302. The molecule has 1 aliphatic carbocycles. The van der Waals surface area contributed by atoms with E-state index in [9.17, 15) is 5.11 Å². The van der Waals surface area contributed by atoms with E-state index in [-0.39, 0.29) is 5.60 Å². The van der Waals surface area contributed by atoms with Gasteiger partial charge in [-0.15, -0.1) is 6.58 Å². The zero-order valence-corrected chi connectivity index (χ0v) is 11.1. The summed E-state index contributed by atoms with van der Waals surface area (Å²) in [7, 11) is 3.20. The highest BCUT2D eigenvalue weighted by Crippen LogP contribution is 2.51. The monoisotopic (exact) mass is 258 g/mol. The first-order valence-electron chi connectivity index (χ1n) is 6.24. The van der Waals surface area contributed by atoms with E-state index in [1.807, 2.05) is 0 Å². The first-order chi connectivity index (χ1) is 8.65. The molecule has 4 atom stereocenters. The van der Waals surface area contributed by atoms with Crippen LogP contribution in [0.3, 0.4) is 0 Å². The molecule has 2 fully saturated rings. The largest absolute Gasteiger partial charge is 0.390 e. The molecule has 0 aromatic heterocycles. The Labute approximate surface area is 108 Å². The van der Waals surface area contributed by atoms with Gasteiger partial charge < -0.3 is 24.1 Å². The van der Waals surface area contributed by atoms with Crippen molar-refractivity contribution in [1.29, 1.82) is 0 Å². The summed E-state index contributed by atoms with van der Waals surface area (Å²) in [5, 5.41) is 10.1. The van der Waals surface area contributed by atoms with Crippen LogP contribution in [0.25, 0.3) is 0 Å². The molecule has 5 heteroatoms. The van der Waals surface area contributed by atoms with Crippen LogP contribution in [0.15, 0.2) is 12.7 Å². The molecule has 1 saturated heterocycles. The minimum atomic E-state index is -0.748. The summed E-state index contributed by atoms with van der Waals surface area (Å²) < 4.78 is 22.4. The van der Waals surface area contributed by atoms with E-state index in [0.717, 1.165) is 6.42 Å². The average Bonchev–Trinajstić information content (AvgIpc) is 3.15. The number of rotatable bonds is 6. The zero-order chi connectivity index (χ0) is 13.2. The third-order valence-electron chi connectivity index (χ3n) is 4.09. The lowest BCUT2D eigenvalue weighted by Crippen LogP contribution is -2.66. The van der Waals surface area contributed by atoms with Crippen molar-refractivity contribution in [2.75, 3.05) is 34.0 Å². The summed E-state index contributed by atoms with van der Waals surface area (Å²) >= 11 is 0. The van der Waals surface area contributed by atoms with Gasteiger partial charge in [0.25, 0.3) is 0 Å². The van der Waals surface area contributed by atoms with Crippen molar-refractivity contribution in [3.05, 3.63) is 12.7 Å². The van der Waals surface area contributed by atoms with Crippen LogP contribution in [0.1, 0.15) is 12.8 Å². The summed E-state index contributed by atoms with van der Waals surface area (Å²) in [4.78, 5) is 0. The fraction of sp³-hybridized carbons (Fsp3) is 0.846. The SMILES string of the molecule is C=CCOC[C@@]1(OC)[C@H](OC)[C@H](O)CC[C@]12CO2. The third kappa shape index (κ3) is 2.00. The van der Waals surface area contributed by atoms with Gasteiger partial charge in [-0.2, -0.15) is 0 Å². The van der Waals surface area contributed by atoms with Crippen molar-refractivity contribution in [1.82, 2.24) is 0 Å². The molecule has 1 N–H and O–H groups in total. The van der Waals surface area contributed by atoms with Crippen LogP contribution in [0, 0.1) is 0 Å². The Morgan fingerprint density at radius 3 is 2.72 bits per heavy atom. The molecule has 0 aromatic rings. The van der Waals surface area contributed by atoms with Crippen LogP contribution in [0.2, 0.25) is 0 Å². The van der Waals surface area contributed by atoms with Gasteiger partial charge in [0, 0.05) is 14.2 Å². The second-order valence-corrected chi connectivity index (χ2v) is 4.94. The molecule has 18 heavy (non-hydrogen) atoms. The fourth-order valence-electron chi connectivity index (χ4n) is 3.01. The second-order valence-electron chi connectivity index (χ2n) is 4.94. The van der Waals surface area contributed by atoms with E-state index < -0.39 is 17.8 Å². The maximum atomic E-state index is 10.1. The van der Waals surface area contributed by atoms with Gasteiger partial charge in [-0.25, -0.2) is 0 Å². The molecule has 0 unspecified atom stereocenters. The van der Waals surface area contributed by atoms with E-state index in [1.165, 1.54) is 0 Å². The smallest absolute Gasteiger partial charge is 0.150 e. The Morgan fingerprint density at radius 2 is 2.22 bits per heavy atom. The number of hydrogen-bond acceptors (Lipinski definition) is 5. The van der Waals surface area contributed by atoms with E-state index in [0.29, 0.717) is 26.2 Å². The highest BCUT2D eigenvalue weighted by atomic mass is 16.7. The van der Waals surface area contributed by atoms with Crippen LogP contribution < -0.4 is 0 Å². The van der Waals surface area contributed by atoms with Crippen molar-refractivity contribution in [2.45, 2.75) is 36.3 Å². The lowest BCUT2D eigenvalue weighted by atomic mass is 9.72. The van der Waals surface area contributed by atoms with Gasteiger partial charge in [-0.1, -0.05) is 6.08 Å². The van der Waals surface area contributed by atoms with Crippen molar-refractivity contribution in [3.8, 4) is 0 Å². The molecule has 0 bridgehead atoms. The number of ether oxygens (including phenoxy) is 4. The predicted molar refractivity (Wildman–Crippen MR) is 65.5 cm³/mol. The lowest BCUT2D eigenvalue weighted by molar-refractivity contribution is -0.230. The standard InChI is InChI=1S/C13H22O5/c1-4-7-17-9-13(16-3)11(15-2)10(14)5-6-12(13)8-18-12/h4,10-11,14H,1,5-9H2,2-3H3/t10-,11-,12+,13-/m1/s1. The number of methoxy groups -OCH3 is 2. The molecule has 1 aliphatic heterocycles. The molecular weight excluding hydrogens is 236 g/mol. The van der Waals surface area contributed by atoms with Gasteiger partial charge >= 0.3 is 0 Å². The molecule has 1 heterocycles. The van der Waals surface area contributed by atoms with Crippen molar-refractivity contribution in [2.24, 2.45) is 0 Å². The molecule has 2 aliphatic rings. The average molecular weight is 258 g/mol. The Kier molecular flexibility index (Phi) is 4.08. The summed E-state index contributed by atoms with van der Waals surface area (Å²) in [6.07, 6.45) is 2.11. The third-order valence-corrected chi connectivity index (χ3v) is 4.09. The summed E-state index contributed by atoms with van der Waals surface area (Å²) in [5.41, 5.74) is -1.12. The van der Waals surface area contributed by atoms with Crippen LogP contribution in [0.5, 0.6) is 0 Å². The quantitative estimate of drug-likeness (QED) is 0.427. The van der Waals surface area contributed by atoms with E-state index in [1.54, 1.807) is 20.3 Å². The highest BCUT2D eigenvalue weighted by molar-refractivity contribution is 5.18. The summed E-state index contributed by atoms with van der Waals surface area (Å²) in [6.45, 7) is 5.01. The van der Waals surface area contributed by atoms with Gasteiger partial charge in [0.1, 0.15) is 11.7 Å². The van der Waals surface area contributed by atoms with Crippen LogP contribution in [-0.4, -0.2) is 62.6 Å². The number of aliphatic hydroxyl groups excluding tert-OH is 1. The van der Waals surface area contributed by atoms with Gasteiger partial charge in [-0.3, -0.25) is 0 Å². The maximum absolute atomic E-state index is 10.1. The van der Waals surface area contributed by atoms with Gasteiger partial charge in [0.05, 0.1) is 25.9 Å². The number of aliphatic hydroxyl groups is 1. The van der Waals surface area contributed by atoms with Crippen LogP contribution in [-0.2, 0) is 18.9 Å². The van der Waals surface area contributed by atoms with Gasteiger partial charge in [-0.05, 0) is 12.8 Å².